The van der Waals surface area contributed by atoms with Crippen molar-refractivity contribution in [2.24, 2.45) is 5.14 Å². The first-order valence-corrected chi connectivity index (χ1v) is 9.66. The molecule has 8 heteroatoms. The number of esters is 1. The average molecular weight is 377 g/mol. The molecule has 130 valence electrons. The number of thiophene rings is 1. The van der Waals surface area contributed by atoms with E-state index in [9.17, 15) is 13.2 Å². The minimum absolute atomic E-state index is 0.0721. The van der Waals surface area contributed by atoms with Gasteiger partial charge in [0, 0.05) is 10.3 Å². The minimum atomic E-state index is -4.02. The van der Waals surface area contributed by atoms with Crippen LogP contribution in [0.5, 0.6) is 5.75 Å². The number of hydrogen-bond acceptors (Lipinski definition) is 6. The summed E-state index contributed by atoms with van der Waals surface area (Å²) in [5.41, 5.74) is 0.985. The molecule has 1 heterocycles. The Labute approximate surface area is 148 Å². The molecule has 0 bridgehead atoms. The minimum Gasteiger partial charge on any atom is -0.495 e. The fraction of sp³-hybridized carbons (Fsp3) is 0.118. The second kappa shape index (κ2) is 6.83. The maximum Gasteiger partial charge on any atom is 0.338 e. The summed E-state index contributed by atoms with van der Waals surface area (Å²) in [7, 11) is -2.70. The van der Waals surface area contributed by atoms with Gasteiger partial charge in [-0.15, -0.1) is 11.3 Å². The van der Waals surface area contributed by atoms with Gasteiger partial charge in [0.05, 0.1) is 12.7 Å². The Morgan fingerprint density at radius 2 is 1.96 bits per heavy atom. The predicted octanol–water partition coefficient (Wildman–Crippen LogP) is 2.91. The van der Waals surface area contributed by atoms with Crippen LogP contribution in [0, 0.1) is 0 Å². The maximum absolute atomic E-state index is 12.3. The van der Waals surface area contributed by atoms with Crippen LogP contribution in [-0.2, 0) is 21.4 Å². The first-order valence-electron chi connectivity index (χ1n) is 7.23. The van der Waals surface area contributed by atoms with Crippen molar-refractivity contribution < 1.29 is 22.7 Å². The molecule has 3 aromatic rings. The highest BCUT2D eigenvalue weighted by Crippen LogP contribution is 2.27. The lowest BCUT2D eigenvalue weighted by Crippen LogP contribution is -2.15. The van der Waals surface area contributed by atoms with Crippen molar-refractivity contribution in [1.82, 2.24) is 0 Å². The molecule has 0 aliphatic rings. The molecule has 0 aliphatic carbocycles. The van der Waals surface area contributed by atoms with Crippen LogP contribution in [0.1, 0.15) is 15.9 Å². The Hall–Kier alpha value is -2.42. The summed E-state index contributed by atoms with van der Waals surface area (Å²) in [5.74, 6) is -0.564. The number of hydrogen-bond donors (Lipinski definition) is 1. The third-order valence-electron chi connectivity index (χ3n) is 3.63. The number of ether oxygens (including phenoxy) is 2. The van der Waals surface area contributed by atoms with E-state index in [1.165, 1.54) is 19.2 Å². The molecule has 0 atom stereocenters. The van der Waals surface area contributed by atoms with E-state index in [0.29, 0.717) is 0 Å². The van der Waals surface area contributed by atoms with Crippen molar-refractivity contribution in [3.63, 3.8) is 0 Å². The zero-order chi connectivity index (χ0) is 18.0. The Bertz CT molecular complexity index is 1040. The van der Waals surface area contributed by atoms with Gasteiger partial charge in [-0.3, -0.25) is 0 Å². The van der Waals surface area contributed by atoms with E-state index in [0.717, 1.165) is 21.7 Å². The number of fused-ring (bicyclic) bond motifs is 1. The van der Waals surface area contributed by atoms with Gasteiger partial charge < -0.3 is 9.47 Å². The largest absolute Gasteiger partial charge is 0.495 e. The molecule has 0 aliphatic heterocycles. The van der Waals surface area contributed by atoms with Crippen LogP contribution in [-0.4, -0.2) is 21.5 Å². The summed E-state index contributed by atoms with van der Waals surface area (Å²) in [4.78, 5) is 12.0. The van der Waals surface area contributed by atoms with Gasteiger partial charge in [0.25, 0.3) is 0 Å². The van der Waals surface area contributed by atoms with Crippen molar-refractivity contribution in [3.05, 3.63) is 59.0 Å². The highest BCUT2D eigenvalue weighted by molar-refractivity contribution is 7.89. The van der Waals surface area contributed by atoms with Crippen LogP contribution < -0.4 is 9.88 Å². The molecular weight excluding hydrogens is 362 g/mol. The monoisotopic (exact) mass is 377 g/mol. The van der Waals surface area contributed by atoms with Gasteiger partial charge in [-0.25, -0.2) is 18.4 Å². The Balaban J connectivity index is 1.82. The number of nitrogens with two attached hydrogens (primary N) is 1. The van der Waals surface area contributed by atoms with E-state index < -0.39 is 16.0 Å². The Morgan fingerprint density at radius 3 is 2.68 bits per heavy atom. The normalized spacial score (nSPS) is 11.4. The summed E-state index contributed by atoms with van der Waals surface area (Å²) in [6.07, 6.45) is 0. The van der Waals surface area contributed by atoms with E-state index in [1.807, 2.05) is 29.6 Å². The van der Waals surface area contributed by atoms with Crippen molar-refractivity contribution in [1.29, 1.82) is 0 Å². The molecule has 0 saturated heterocycles. The predicted molar refractivity (Wildman–Crippen MR) is 95.3 cm³/mol. The lowest BCUT2D eigenvalue weighted by molar-refractivity contribution is 0.0474. The SMILES string of the molecule is COc1ccc(C(=O)OCc2csc3ccccc23)cc1S(N)(=O)=O. The summed E-state index contributed by atoms with van der Waals surface area (Å²) >= 11 is 1.57. The molecule has 0 saturated carbocycles. The van der Waals surface area contributed by atoms with Gasteiger partial charge in [0.2, 0.25) is 10.0 Å². The fourth-order valence-electron chi connectivity index (χ4n) is 2.40. The quantitative estimate of drug-likeness (QED) is 0.690. The zero-order valence-electron chi connectivity index (χ0n) is 13.3. The molecule has 6 nitrogen and oxygen atoms in total. The van der Waals surface area contributed by atoms with Crippen molar-refractivity contribution in [2.75, 3.05) is 7.11 Å². The molecule has 3 rings (SSSR count). The highest BCUT2D eigenvalue weighted by Gasteiger charge is 2.19. The average Bonchev–Trinajstić information content (AvgIpc) is 3.01. The van der Waals surface area contributed by atoms with Crippen LogP contribution >= 0.6 is 11.3 Å². The van der Waals surface area contributed by atoms with E-state index in [2.05, 4.69) is 0 Å². The van der Waals surface area contributed by atoms with Gasteiger partial charge >= 0.3 is 5.97 Å². The van der Waals surface area contributed by atoms with Crippen LogP contribution in [0.3, 0.4) is 0 Å². The maximum atomic E-state index is 12.3. The summed E-state index contributed by atoms with van der Waals surface area (Å²) < 4.78 is 34.6. The van der Waals surface area contributed by atoms with E-state index >= 15 is 0 Å². The molecule has 0 unspecified atom stereocenters. The van der Waals surface area contributed by atoms with Crippen LogP contribution in [0.15, 0.2) is 52.7 Å². The molecule has 1 aromatic heterocycles. The van der Waals surface area contributed by atoms with Crippen LogP contribution in [0.2, 0.25) is 0 Å². The van der Waals surface area contributed by atoms with Crippen LogP contribution in [0.4, 0.5) is 0 Å². The number of methoxy groups -OCH3 is 1. The van der Waals surface area contributed by atoms with E-state index in [-0.39, 0.29) is 22.8 Å². The topological polar surface area (TPSA) is 95.7 Å². The van der Waals surface area contributed by atoms with Gasteiger partial charge in [-0.2, -0.15) is 0 Å². The van der Waals surface area contributed by atoms with Crippen molar-refractivity contribution >= 4 is 37.4 Å². The molecule has 0 amide bonds. The molecule has 0 radical (unpaired) electrons. The second-order valence-corrected chi connectivity index (χ2v) is 7.68. The van der Waals surface area contributed by atoms with E-state index in [4.69, 9.17) is 14.6 Å². The first kappa shape index (κ1) is 17.4. The van der Waals surface area contributed by atoms with Crippen molar-refractivity contribution in [2.45, 2.75) is 11.5 Å². The van der Waals surface area contributed by atoms with Crippen molar-refractivity contribution in [3.8, 4) is 5.75 Å². The van der Waals surface area contributed by atoms with E-state index in [1.54, 1.807) is 11.3 Å². The van der Waals surface area contributed by atoms with Crippen LogP contribution in [0.25, 0.3) is 10.1 Å². The van der Waals surface area contributed by atoms with Gasteiger partial charge in [-0.1, -0.05) is 18.2 Å². The highest BCUT2D eigenvalue weighted by atomic mass is 32.2. The number of benzene rings is 2. The number of carbonyl (C=O) groups excluding carboxylic acids is 1. The standard InChI is InChI=1S/C17H15NO5S2/c1-22-14-7-6-11(8-16(14)25(18,20)21)17(19)23-9-12-10-24-15-5-3-2-4-13(12)15/h2-8,10H,9H2,1H3,(H2,18,20,21). The van der Waals surface area contributed by atoms with Gasteiger partial charge in [-0.05, 0) is 35.0 Å². The third kappa shape index (κ3) is 3.65. The number of sulfonamides is 1. The Morgan fingerprint density at radius 1 is 1.20 bits per heavy atom. The smallest absolute Gasteiger partial charge is 0.338 e. The van der Waals surface area contributed by atoms with Gasteiger partial charge in [0.15, 0.2) is 0 Å². The van der Waals surface area contributed by atoms with Gasteiger partial charge in [0.1, 0.15) is 17.3 Å². The molecule has 0 spiro atoms. The lowest BCUT2D eigenvalue weighted by Gasteiger charge is -2.09. The summed E-state index contributed by atoms with van der Waals surface area (Å²) in [6.45, 7) is 0.0968. The lowest BCUT2D eigenvalue weighted by atomic mass is 10.2. The first-order chi connectivity index (χ1) is 11.9. The number of rotatable bonds is 5. The number of primary sulfonamides is 1. The molecule has 0 fully saturated rings. The zero-order valence-corrected chi connectivity index (χ0v) is 14.9. The molecular formula is C17H15NO5S2. The molecule has 25 heavy (non-hydrogen) atoms. The number of carbonyl (C=O) groups is 1. The summed E-state index contributed by atoms with van der Waals surface area (Å²) in [6, 6.07) is 11.8. The fourth-order valence-corrected chi connectivity index (χ4v) is 4.07. The molecule has 2 N–H and O–H groups in total. The summed E-state index contributed by atoms with van der Waals surface area (Å²) in [5, 5.41) is 8.12. The molecule has 2 aromatic carbocycles. The third-order valence-corrected chi connectivity index (χ3v) is 5.57. The Kier molecular flexibility index (Phi) is 4.76. The second-order valence-electron chi connectivity index (χ2n) is 5.24.